The van der Waals surface area contributed by atoms with E-state index in [1.807, 2.05) is 17.7 Å². The van der Waals surface area contributed by atoms with E-state index in [-0.39, 0.29) is 0 Å². The van der Waals surface area contributed by atoms with Crippen LogP contribution in [0.2, 0.25) is 0 Å². The monoisotopic (exact) mass is 401 g/mol. The lowest BCUT2D eigenvalue weighted by atomic mass is 10.0. The fraction of sp³-hybridized carbons (Fsp3) is 0.550. The van der Waals surface area contributed by atoms with E-state index in [2.05, 4.69) is 49.8 Å². The Hall–Kier alpha value is -2.97. The second kappa shape index (κ2) is 9.99. The quantitative estimate of drug-likeness (QED) is 0.538. The Morgan fingerprint density at radius 3 is 2.41 bits per heavy atom. The van der Waals surface area contributed by atoms with Crippen LogP contribution in [0.15, 0.2) is 29.5 Å². The number of methoxy groups -OCH3 is 2. The fourth-order valence-corrected chi connectivity index (χ4v) is 3.37. The van der Waals surface area contributed by atoms with Gasteiger partial charge in [0.15, 0.2) is 11.8 Å². The highest BCUT2D eigenvalue weighted by Gasteiger charge is 2.21. The molecule has 0 radical (unpaired) electrons. The number of anilines is 1. The van der Waals surface area contributed by atoms with Gasteiger partial charge in [-0.3, -0.25) is 0 Å². The van der Waals surface area contributed by atoms with E-state index in [4.69, 9.17) is 9.47 Å². The minimum atomic E-state index is 0.371. The van der Waals surface area contributed by atoms with Crippen molar-refractivity contribution in [3.8, 4) is 11.5 Å². The molecule has 0 unspecified atom stereocenters. The molecule has 0 saturated carbocycles. The topological polar surface area (TPSA) is 88.8 Å². The number of rotatable bonds is 7. The first-order valence-electron chi connectivity index (χ1n) is 9.98. The van der Waals surface area contributed by atoms with E-state index in [1.54, 1.807) is 20.5 Å². The van der Waals surface area contributed by atoms with Crippen LogP contribution in [0, 0.1) is 0 Å². The largest absolute Gasteiger partial charge is 0.497 e. The van der Waals surface area contributed by atoms with Gasteiger partial charge in [0.25, 0.3) is 0 Å². The van der Waals surface area contributed by atoms with Crippen molar-refractivity contribution in [1.82, 2.24) is 25.4 Å². The summed E-state index contributed by atoms with van der Waals surface area (Å²) in [5.74, 6) is 3.27. The van der Waals surface area contributed by atoms with Crippen LogP contribution in [0.1, 0.15) is 25.6 Å². The van der Waals surface area contributed by atoms with Gasteiger partial charge in [-0.1, -0.05) is 0 Å². The molecule has 3 rings (SSSR count). The average molecular weight is 402 g/mol. The van der Waals surface area contributed by atoms with Gasteiger partial charge in [0.1, 0.15) is 24.4 Å². The lowest BCUT2D eigenvalue weighted by Crippen LogP contribution is -2.48. The summed E-state index contributed by atoms with van der Waals surface area (Å²) >= 11 is 0. The maximum absolute atomic E-state index is 5.40. The van der Waals surface area contributed by atoms with Crippen LogP contribution in [0.25, 0.3) is 0 Å². The fourth-order valence-electron chi connectivity index (χ4n) is 3.37. The molecule has 1 fully saturated rings. The van der Waals surface area contributed by atoms with Gasteiger partial charge in [-0.2, -0.15) is 0 Å². The lowest BCUT2D eigenvalue weighted by Gasteiger charge is -2.34. The van der Waals surface area contributed by atoms with Crippen LogP contribution in [0.5, 0.6) is 11.5 Å². The van der Waals surface area contributed by atoms with Crippen molar-refractivity contribution >= 4 is 11.6 Å². The Balaban J connectivity index is 1.58. The summed E-state index contributed by atoms with van der Waals surface area (Å²) in [7, 11) is 5.28. The van der Waals surface area contributed by atoms with Gasteiger partial charge in [0, 0.05) is 56.6 Å². The third-order valence-corrected chi connectivity index (χ3v) is 5.07. The summed E-state index contributed by atoms with van der Waals surface area (Å²) in [6.07, 6.45) is 3.73. The third kappa shape index (κ3) is 5.52. The summed E-state index contributed by atoms with van der Waals surface area (Å²) in [5.41, 5.74) is 1.13. The molecule has 9 nitrogen and oxygen atoms in total. The molecule has 1 aromatic carbocycles. The number of nitrogens with one attached hydrogen (secondary N) is 2. The van der Waals surface area contributed by atoms with Gasteiger partial charge in [0.05, 0.1) is 14.2 Å². The number of piperidine rings is 1. The summed E-state index contributed by atoms with van der Waals surface area (Å²) in [4.78, 5) is 7.03. The molecule has 2 aromatic rings. The van der Waals surface area contributed by atoms with Gasteiger partial charge in [0.2, 0.25) is 0 Å². The molecule has 1 aliphatic rings. The number of aromatic nitrogens is 3. The number of nitrogens with zero attached hydrogens (tertiary/aromatic N) is 5. The molecule has 158 valence electrons. The number of benzene rings is 1. The minimum Gasteiger partial charge on any atom is -0.497 e. The van der Waals surface area contributed by atoms with Gasteiger partial charge in [-0.15, -0.1) is 10.2 Å². The van der Waals surface area contributed by atoms with Crippen molar-refractivity contribution in [2.24, 2.45) is 12.0 Å². The highest BCUT2D eigenvalue weighted by molar-refractivity contribution is 5.80. The Kier molecular flexibility index (Phi) is 7.15. The minimum absolute atomic E-state index is 0.371. The molecule has 1 aromatic heterocycles. The average Bonchev–Trinajstić information content (AvgIpc) is 3.17. The Morgan fingerprint density at radius 2 is 1.86 bits per heavy atom. The number of aliphatic imine (C=N–C) groups is 1. The smallest absolute Gasteiger partial charge is 0.191 e. The second-order valence-electron chi connectivity index (χ2n) is 7.03. The first-order valence-corrected chi connectivity index (χ1v) is 9.98. The van der Waals surface area contributed by atoms with Crippen LogP contribution in [0.3, 0.4) is 0 Å². The molecule has 2 heterocycles. The van der Waals surface area contributed by atoms with Gasteiger partial charge >= 0.3 is 0 Å². The molecule has 0 spiro atoms. The van der Waals surface area contributed by atoms with E-state index in [9.17, 15) is 0 Å². The highest BCUT2D eigenvalue weighted by Crippen LogP contribution is 2.30. The van der Waals surface area contributed by atoms with E-state index < -0.39 is 0 Å². The standard InChI is InChI=1S/C20H31N7O2/c1-5-21-20(22-13-19-25-23-14-26(19)2)24-15-6-8-27(9-7-15)16-10-17(28-3)12-18(11-16)29-4/h10-12,14-15H,5-9,13H2,1-4H3,(H2,21,22,24). The molecule has 0 amide bonds. The zero-order valence-electron chi connectivity index (χ0n) is 17.7. The molecule has 2 N–H and O–H groups in total. The second-order valence-corrected chi connectivity index (χ2v) is 7.03. The molecular formula is C20H31N7O2. The summed E-state index contributed by atoms with van der Waals surface area (Å²) < 4.78 is 12.7. The highest BCUT2D eigenvalue weighted by atomic mass is 16.5. The van der Waals surface area contributed by atoms with Crippen LogP contribution in [-0.4, -0.2) is 60.6 Å². The van der Waals surface area contributed by atoms with Crippen molar-refractivity contribution < 1.29 is 9.47 Å². The maximum Gasteiger partial charge on any atom is 0.191 e. The first kappa shape index (κ1) is 20.8. The predicted molar refractivity (Wildman–Crippen MR) is 114 cm³/mol. The number of ether oxygens (including phenoxy) is 2. The van der Waals surface area contributed by atoms with Crippen LogP contribution in [-0.2, 0) is 13.6 Å². The molecule has 1 aliphatic heterocycles. The third-order valence-electron chi connectivity index (χ3n) is 5.07. The van der Waals surface area contributed by atoms with Crippen LogP contribution >= 0.6 is 0 Å². The molecule has 29 heavy (non-hydrogen) atoms. The van der Waals surface area contributed by atoms with Crippen LogP contribution in [0.4, 0.5) is 5.69 Å². The zero-order valence-corrected chi connectivity index (χ0v) is 17.7. The lowest BCUT2D eigenvalue weighted by molar-refractivity contribution is 0.393. The number of guanidine groups is 1. The van der Waals surface area contributed by atoms with Gasteiger partial charge < -0.3 is 29.6 Å². The molecule has 9 heteroatoms. The summed E-state index contributed by atoms with van der Waals surface area (Å²) in [5, 5.41) is 14.9. The normalized spacial score (nSPS) is 15.3. The zero-order chi connectivity index (χ0) is 20.6. The first-order chi connectivity index (χ1) is 14.1. The van der Waals surface area contributed by atoms with Crippen LogP contribution < -0.4 is 25.0 Å². The molecule has 0 bridgehead atoms. The van der Waals surface area contributed by atoms with E-state index in [0.717, 1.165) is 61.4 Å². The van der Waals surface area contributed by atoms with Crippen molar-refractivity contribution in [1.29, 1.82) is 0 Å². The molecular weight excluding hydrogens is 370 g/mol. The summed E-state index contributed by atoms with van der Waals surface area (Å²) in [6, 6.07) is 6.38. The van der Waals surface area contributed by atoms with Crippen molar-refractivity contribution in [2.75, 3.05) is 38.8 Å². The van der Waals surface area contributed by atoms with Crippen molar-refractivity contribution in [3.63, 3.8) is 0 Å². The number of aryl methyl sites for hydroxylation is 1. The van der Waals surface area contributed by atoms with Crippen molar-refractivity contribution in [2.45, 2.75) is 32.4 Å². The SMILES string of the molecule is CCNC(=NCc1nncn1C)NC1CCN(c2cc(OC)cc(OC)c2)CC1. The molecule has 0 atom stereocenters. The number of hydrogen-bond donors (Lipinski definition) is 2. The number of hydrogen-bond acceptors (Lipinski definition) is 6. The van der Waals surface area contributed by atoms with Gasteiger partial charge in [-0.05, 0) is 19.8 Å². The molecule has 1 saturated heterocycles. The Bertz CT molecular complexity index is 791. The Morgan fingerprint density at radius 1 is 1.17 bits per heavy atom. The maximum atomic E-state index is 5.40. The van der Waals surface area contributed by atoms with Crippen molar-refractivity contribution in [3.05, 3.63) is 30.4 Å². The molecule has 0 aliphatic carbocycles. The van der Waals surface area contributed by atoms with E-state index in [1.165, 1.54) is 0 Å². The van der Waals surface area contributed by atoms with E-state index in [0.29, 0.717) is 12.6 Å². The Labute approximate surface area is 172 Å². The summed E-state index contributed by atoms with van der Waals surface area (Å²) in [6.45, 7) is 5.28. The van der Waals surface area contributed by atoms with Gasteiger partial charge in [-0.25, -0.2) is 4.99 Å². The van der Waals surface area contributed by atoms with E-state index >= 15 is 0 Å². The predicted octanol–water partition coefficient (Wildman–Crippen LogP) is 1.56.